The van der Waals surface area contributed by atoms with E-state index in [0.29, 0.717) is 54.3 Å². The number of likely N-dealkylation sites (N-methyl/N-ethyl adjacent to an activating group) is 2. The first-order chi connectivity index (χ1) is 18.1. The minimum absolute atomic E-state index is 0.00454. The maximum absolute atomic E-state index is 13.5. The zero-order valence-corrected chi connectivity index (χ0v) is 24.0. The smallest absolute Gasteiger partial charge is 0.277 e. The summed E-state index contributed by atoms with van der Waals surface area (Å²) in [7, 11) is -2.51. The maximum Gasteiger partial charge on any atom is 0.277 e. The van der Waals surface area contributed by atoms with E-state index in [2.05, 4.69) is 15.1 Å². The second kappa shape index (κ2) is 12.8. The lowest BCUT2D eigenvalue weighted by Gasteiger charge is -2.25. The van der Waals surface area contributed by atoms with Crippen molar-refractivity contribution in [3.63, 3.8) is 0 Å². The summed E-state index contributed by atoms with van der Waals surface area (Å²) in [4.78, 5) is 22.6. The van der Waals surface area contributed by atoms with E-state index in [1.165, 1.54) is 19.2 Å². The lowest BCUT2D eigenvalue weighted by atomic mass is 10.2. The van der Waals surface area contributed by atoms with E-state index in [9.17, 15) is 18.3 Å². The molecule has 1 unspecified atom stereocenters. The van der Waals surface area contributed by atoms with E-state index in [1.807, 2.05) is 39.5 Å². The summed E-state index contributed by atoms with van der Waals surface area (Å²) in [5.41, 5.74) is 1.05. The van der Waals surface area contributed by atoms with Gasteiger partial charge in [0.25, 0.3) is 5.56 Å². The van der Waals surface area contributed by atoms with Gasteiger partial charge < -0.3 is 19.7 Å². The third kappa shape index (κ3) is 6.25. The molecule has 12 heteroatoms. The molecule has 2 N–H and O–H groups in total. The number of benzene rings is 1. The van der Waals surface area contributed by atoms with Crippen LogP contribution < -0.4 is 10.3 Å². The number of nitrogens with one attached hydrogen (secondary N) is 1. The highest BCUT2D eigenvalue weighted by molar-refractivity contribution is 7.89. The van der Waals surface area contributed by atoms with Gasteiger partial charge in [0.05, 0.1) is 28.9 Å². The first-order valence-electron chi connectivity index (χ1n) is 13.3. The van der Waals surface area contributed by atoms with Crippen molar-refractivity contribution in [3.8, 4) is 17.1 Å². The second-order valence-corrected chi connectivity index (χ2v) is 11.2. The number of H-pyrrole nitrogens is 1. The molecule has 0 bridgehead atoms. The molecule has 0 amide bonds. The summed E-state index contributed by atoms with van der Waals surface area (Å²) < 4.78 is 35.4. The van der Waals surface area contributed by atoms with Crippen LogP contribution in [0.4, 0.5) is 0 Å². The van der Waals surface area contributed by atoms with Crippen LogP contribution in [0.1, 0.15) is 52.6 Å². The van der Waals surface area contributed by atoms with Crippen molar-refractivity contribution in [2.75, 3.05) is 39.8 Å². The van der Waals surface area contributed by atoms with Crippen LogP contribution in [-0.4, -0.2) is 88.2 Å². The van der Waals surface area contributed by atoms with Crippen molar-refractivity contribution in [2.24, 2.45) is 0 Å². The number of hydrogen-bond donors (Lipinski definition) is 2. The van der Waals surface area contributed by atoms with Gasteiger partial charge in [0, 0.05) is 26.6 Å². The summed E-state index contributed by atoms with van der Waals surface area (Å²) in [6.45, 7) is 11.9. The Morgan fingerprint density at radius 2 is 1.84 bits per heavy atom. The standard InChI is InChI=1S/C26H40N6O5S/c1-7-12-23-27-21(8-2)24-26(34)28-25(29-32(23)24)20-15-19(13-14-22(20)37-11-5)38(35,36)30(6)16-18(33)17-31(9-3)10-4/h13-15,18,33H,7-12,16-17H2,1-6H3,(H,28,29,34). The molecule has 38 heavy (non-hydrogen) atoms. The molecule has 0 aliphatic carbocycles. The minimum atomic E-state index is -3.95. The summed E-state index contributed by atoms with van der Waals surface area (Å²) >= 11 is 0. The zero-order valence-electron chi connectivity index (χ0n) is 23.2. The van der Waals surface area contributed by atoms with Crippen LogP contribution in [0.5, 0.6) is 5.75 Å². The summed E-state index contributed by atoms with van der Waals surface area (Å²) in [5.74, 6) is 1.26. The molecule has 3 rings (SSSR count). The Balaban J connectivity index is 2.07. The Kier molecular flexibility index (Phi) is 10.0. The van der Waals surface area contributed by atoms with Crippen molar-refractivity contribution in [1.29, 1.82) is 0 Å². The minimum Gasteiger partial charge on any atom is -0.493 e. The van der Waals surface area contributed by atoms with Crippen molar-refractivity contribution in [2.45, 2.75) is 64.9 Å². The largest absolute Gasteiger partial charge is 0.493 e. The van der Waals surface area contributed by atoms with Crippen LogP contribution in [0.3, 0.4) is 0 Å². The van der Waals surface area contributed by atoms with Crippen molar-refractivity contribution >= 4 is 15.5 Å². The number of fused-ring (bicyclic) bond motifs is 1. The topological polar surface area (TPSA) is 133 Å². The Bertz CT molecular complexity index is 1400. The van der Waals surface area contributed by atoms with E-state index in [1.54, 1.807) is 10.6 Å². The predicted octanol–water partition coefficient (Wildman–Crippen LogP) is 2.32. The van der Waals surface area contributed by atoms with Crippen molar-refractivity contribution < 1.29 is 18.3 Å². The Labute approximate surface area is 224 Å². The lowest BCUT2D eigenvalue weighted by Crippen LogP contribution is -2.41. The fraction of sp³-hybridized carbons (Fsp3) is 0.577. The molecule has 3 aromatic rings. The lowest BCUT2D eigenvalue weighted by molar-refractivity contribution is 0.104. The van der Waals surface area contributed by atoms with E-state index in [4.69, 9.17) is 4.74 Å². The van der Waals surface area contributed by atoms with Crippen LogP contribution >= 0.6 is 0 Å². The Morgan fingerprint density at radius 1 is 1.13 bits per heavy atom. The Hall–Kier alpha value is -2.80. The number of rotatable bonds is 14. The number of aryl methyl sites for hydroxylation is 2. The van der Waals surface area contributed by atoms with Gasteiger partial charge in [0.1, 0.15) is 11.6 Å². The van der Waals surface area contributed by atoms with Crippen LogP contribution in [0.2, 0.25) is 0 Å². The number of ether oxygens (including phenoxy) is 1. The monoisotopic (exact) mass is 548 g/mol. The first-order valence-corrected chi connectivity index (χ1v) is 14.7. The molecule has 1 atom stereocenters. The fourth-order valence-corrected chi connectivity index (χ4v) is 5.67. The molecule has 0 spiro atoms. The van der Waals surface area contributed by atoms with Gasteiger partial charge in [0.15, 0.2) is 11.3 Å². The van der Waals surface area contributed by atoms with Gasteiger partial charge in [-0.1, -0.05) is 27.7 Å². The van der Waals surface area contributed by atoms with Gasteiger partial charge in [-0.25, -0.2) is 17.9 Å². The average Bonchev–Trinajstić information content (AvgIpc) is 3.25. The molecule has 210 valence electrons. The van der Waals surface area contributed by atoms with Crippen LogP contribution in [-0.2, 0) is 22.9 Å². The molecule has 0 saturated heterocycles. The van der Waals surface area contributed by atoms with Gasteiger partial charge in [-0.05, 0) is 51.1 Å². The van der Waals surface area contributed by atoms with Gasteiger partial charge >= 0.3 is 0 Å². The molecule has 2 aromatic heterocycles. The molecule has 0 radical (unpaired) electrons. The number of nitrogens with zero attached hydrogens (tertiary/aromatic N) is 5. The third-order valence-electron chi connectivity index (χ3n) is 6.49. The number of imidazole rings is 1. The average molecular weight is 549 g/mol. The highest BCUT2D eigenvalue weighted by Crippen LogP contribution is 2.31. The van der Waals surface area contributed by atoms with E-state index >= 15 is 0 Å². The highest BCUT2D eigenvalue weighted by Gasteiger charge is 2.26. The number of aliphatic hydroxyl groups is 1. The molecular weight excluding hydrogens is 508 g/mol. The van der Waals surface area contributed by atoms with Crippen molar-refractivity contribution in [1.82, 2.24) is 28.8 Å². The number of hydrogen-bond acceptors (Lipinski definition) is 8. The molecule has 0 aliphatic heterocycles. The van der Waals surface area contributed by atoms with Gasteiger partial charge in [0.2, 0.25) is 10.0 Å². The predicted molar refractivity (Wildman–Crippen MR) is 147 cm³/mol. The molecule has 0 saturated carbocycles. The van der Waals surface area contributed by atoms with Crippen molar-refractivity contribution in [3.05, 3.63) is 40.1 Å². The van der Waals surface area contributed by atoms with Gasteiger partial charge in [-0.3, -0.25) is 4.79 Å². The van der Waals surface area contributed by atoms with Crippen LogP contribution in [0.15, 0.2) is 27.9 Å². The summed E-state index contributed by atoms with van der Waals surface area (Å²) in [5, 5.41) is 15.2. The molecule has 1 aromatic carbocycles. The Morgan fingerprint density at radius 3 is 2.45 bits per heavy atom. The van der Waals surface area contributed by atoms with Gasteiger partial charge in [-0.2, -0.15) is 4.31 Å². The molecule has 0 aliphatic rings. The normalized spacial score (nSPS) is 13.1. The molecule has 0 fully saturated rings. The number of sulfonamides is 1. The number of aliphatic hydroxyl groups excluding tert-OH is 1. The highest BCUT2D eigenvalue weighted by atomic mass is 32.2. The van der Waals surface area contributed by atoms with Crippen LogP contribution in [0.25, 0.3) is 16.9 Å². The fourth-order valence-electron chi connectivity index (χ4n) is 4.44. The van der Waals surface area contributed by atoms with E-state index in [-0.39, 0.29) is 22.8 Å². The zero-order chi connectivity index (χ0) is 28.0. The number of aromatic amines is 1. The molecule has 11 nitrogen and oxygen atoms in total. The molecular formula is C26H40N6O5S. The number of aromatic nitrogens is 4. The second-order valence-electron chi connectivity index (χ2n) is 9.16. The van der Waals surface area contributed by atoms with E-state index in [0.717, 1.165) is 23.8 Å². The van der Waals surface area contributed by atoms with E-state index < -0.39 is 16.1 Å². The summed E-state index contributed by atoms with van der Waals surface area (Å²) in [6.07, 6.45) is 1.21. The van der Waals surface area contributed by atoms with Crippen LogP contribution in [0, 0.1) is 0 Å². The first kappa shape index (κ1) is 29.8. The molecule has 2 heterocycles. The maximum atomic E-state index is 13.5. The quantitative estimate of drug-likeness (QED) is 0.314. The SMILES string of the molecule is CCCc1nc(CC)c2c(=O)[nH]c(-c3cc(S(=O)(=O)N(C)CC(O)CN(CC)CC)ccc3OCC)nn12. The summed E-state index contributed by atoms with van der Waals surface area (Å²) in [6, 6.07) is 4.48. The third-order valence-corrected chi connectivity index (χ3v) is 8.31. The van der Waals surface area contributed by atoms with Gasteiger partial charge in [-0.15, -0.1) is 5.10 Å².